The number of halogens is 2. The molecular formula is C18H20Cl2N2O3S. The number of hydrogen-bond donors (Lipinski definition) is 1. The van der Waals surface area contributed by atoms with Crippen molar-refractivity contribution in [3.63, 3.8) is 0 Å². The highest BCUT2D eigenvalue weighted by molar-refractivity contribution is 7.92. The van der Waals surface area contributed by atoms with E-state index in [1.54, 1.807) is 6.07 Å². The third-order valence-corrected chi connectivity index (χ3v) is 5.57. The molecule has 2 aromatic rings. The highest BCUT2D eigenvalue weighted by Crippen LogP contribution is 2.32. The lowest BCUT2D eigenvalue weighted by atomic mass is 10.1. The fourth-order valence-electron chi connectivity index (χ4n) is 2.59. The van der Waals surface area contributed by atoms with Gasteiger partial charge in [-0.1, -0.05) is 53.0 Å². The van der Waals surface area contributed by atoms with Crippen LogP contribution in [0, 0.1) is 6.92 Å². The average molecular weight is 415 g/mol. The number of amides is 1. The number of nitrogens with zero attached hydrogens (tertiary/aromatic N) is 1. The molecule has 0 saturated carbocycles. The van der Waals surface area contributed by atoms with Crippen molar-refractivity contribution in [2.45, 2.75) is 26.4 Å². The fourth-order valence-corrected chi connectivity index (χ4v) is 4.20. The first-order chi connectivity index (χ1) is 12.1. The van der Waals surface area contributed by atoms with E-state index >= 15 is 0 Å². The Bertz CT molecular complexity index is 916. The van der Waals surface area contributed by atoms with E-state index in [2.05, 4.69) is 5.32 Å². The van der Waals surface area contributed by atoms with E-state index in [0.717, 1.165) is 21.7 Å². The van der Waals surface area contributed by atoms with Gasteiger partial charge >= 0.3 is 0 Å². The van der Waals surface area contributed by atoms with Crippen LogP contribution in [0.3, 0.4) is 0 Å². The third-order valence-electron chi connectivity index (χ3n) is 3.78. The first-order valence-electron chi connectivity index (χ1n) is 7.87. The second-order valence-electron chi connectivity index (χ2n) is 6.04. The van der Waals surface area contributed by atoms with Gasteiger partial charge < -0.3 is 5.32 Å². The van der Waals surface area contributed by atoms with Gasteiger partial charge in [0.2, 0.25) is 15.9 Å². The number of aryl methyl sites for hydroxylation is 1. The van der Waals surface area contributed by atoms with Gasteiger partial charge in [0.25, 0.3) is 0 Å². The summed E-state index contributed by atoms with van der Waals surface area (Å²) >= 11 is 12.1. The van der Waals surface area contributed by atoms with Crippen LogP contribution in [0.15, 0.2) is 42.5 Å². The van der Waals surface area contributed by atoms with Gasteiger partial charge in [0, 0.05) is 11.6 Å². The molecule has 0 aliphatic carbocycles. The molecule has 0 bridgehead atoms. The summed E-state index contributed by atoms with van der Waals surface area (Å²) in [4.78, 5) is 12.6. The molecule has 26 heavy (non-hydrogen) atoms. The van der Waals surface area contributed by atoms with E-state index in [1.165, 1.54) is 19.1 Å². The molecule has 0 saturated heterocycles. The molecule has 0 aromatic heterocycles. The zero-order valence-electron chi connectivity index (χ0n) is 14.7. The van der Waals surface area contributed by atoms with Gasteiger partial charge in [-0.05, 0) is 37.6 Å². The van der Waals surface area contributed by atoms with Crippen molar-refractivity contribution in [1.29, 1.82) is 0 Å². The Kier molecular flexibility index (Phi) is 6.55. The summed E-state index contributed by atoms with van der Waals surface area (Å²) < 4.78 is 25.6. The highest BCUT2D eigenvalue weighted by Gasteiger charge is 2.30. The van der Waals surface area contributed by atoms with E-state index in [-0.39, 0.29) is 10.7 Å². The predicted molar refractivity (Wildman–Crippen MR) is 106 cm³/mol. The molecule has 0 spiro atoms. The first kappa shape index (κ1) is 20.6. The number of hydrogen-bond acceptors (Lipinski definition) is 3. The van der Waals surface area contributed by atoms with Crippen molar-refractivity contribution in [2.24, 2.45) is 0 Å². The van der Waals surface area contributed by atoms with Crippen molar-refractivity contribution in [1.82, 2.24) is 5.32 Å². The molecule has 1 N–H and O–H groups in total. The van der Waals surface area contributed by atoms with Crippen molar-refractivity contribution < 1.29 is 13.2 Å². The van der Waals surface area contributed by atoms with E-state index in [9.17, 15) is 13.2 Å². The molecule has 8 heteroatoms. The molecule has 140 valence electrons. The number of nitrogens with one attached hydrogen (secondary N) is 1. The van der Waals surface area contributed by atoms with Gasteiger partial charge in [0.05, 0.1) is 17.0 Å². The summed E-state index contributed by atoms with van der Waals surface area (Å²) in [5.74, 6) is -0.437. The summed E-state index contributed by atoms with van der Waals surface area (Å²) in [6.45, 7) is 3.76. The van der Waals surface area contributed by atoms with Gasteiger partial charge in [-0.2, -0.15) is 0 Å². The maximum absolute atomic E-state index is 12.6. The van der Waals surface area contributed by atoms with Crippen molar-refractivity contribution in [3.05, 3.63) is 63.6 Å². The molecular weight excluding hydrogens is 395 g/mol. The second kappa shape index (κ2) is 8.29. The van der Waals surface area contributed by atoms with E-state index in [0.29, 0.717) is 11.6 Å². The maximum atomic E-state index is 12.6. The minimum absolute atomic E-state index is 0.167. The van der Waals surface area contributed by atoms with Crippen LogP contribution >= 0.6 is 23.2 Å². The van der Waals surface area contributed by atoms with E-state index < -0.39 is 22.0 Å². The summed E-state index contributed by atoms with van der Waals surface area (Å²) in [5.41, 5.74) is 2.17. The van der Waals surface area contributed by atoms with Crippen molar-refractivity contribution >= 4 is 44.8 Å². The van der Waals surface area contributed by atoms with Gasteiger partial charge in [0.15, 0.2) is 0 Å². The number of anilines is 1. The molecule has 1 amide bonds. The van der Waals surface area contributed by atoms with Crippen LogP contribution in [0.25, 0.3) is 0 Å². The van der Waals surface area contributed by atoms with Crippen LogP contribution in [0.4, 0.5) is 5.69 Å². The normalized spacial score (nSPS) is 12.5. The Morgan fingerprint density at radius 1 is 1.19 bits per heavy atom. The minimum Gasteiger partial charge on any atom is -0.350 e. The van der Waals surface area contributed by atoms with Gasteiger partial charge in [-0.3, -0.25) is 9.10 Å². The molecule has 0 fully saturated rings. The Labute approximate surface area is 164 Å². The Hall–Kier alpha value is -1.76. The topological polar surface area (TPSA) is 66.5 Å². The smallest absolute Gasteiger partial charge is 0.243 e. The first-order valence-corrected chi connectivity index (χ1v) is 10.5. The summed E-state index contributed by atoms with van der Waals surface area (Å²) in [6, 6.07) is 11.2. The molecule has 1 atom stereocenters. The highest BCUT2D eigenvalue weighted by atomic mass is 35.5. The molecule has 0 unspecified atom stereocenters. The Morgan fingerprint density at radius 2 is 1.88 bits per heavy atom. The summed E-state index contributed by atoms with van der Waals surface area (Å²) in [5, 5.41) is 3.28. The predicted octanol–water partition coefficient (Wildman–Crippen LogP) is 3.77. The quantitative estimate of drug-likeness (QED) is 0.781. The van der Waals surface area contributed by atoms with Gasteiger partial charge in [0.1, 0.15) is 6.04 Å². The van der Waals surface area contributed by atoms with E-state index in [4.69, 9.17) is 23.2 Å². The van der Waals surface area contributed by atoms with Gasteiger partial charge in [-0.25, -0.2) is 8.42 Å². The lowest BCUT2D eigenvalue weighted by molar-refractivity contribution is -0.122. The summed E-state index contributed by atoms with van der Waals surface area (Å²) in [7, 11) is -3.76. The van der Waals surface area contributed by atoms with E-state index in [1.807, 2.05) is 31.2 Å². The zero-order valence-corrected chi connectivity index (χ0v) is 17.0. The zero-order chi connectivity index (χ0) is 19.5. The van der Waals surface area contributed by atoms with Crippen molar-refractivity contribution in [3.8, 4) is 0 Å². The lowest BCUT2D eigenvalue weighted by Crippen LogP contribution is -2.47. The van der Waals surface area contributed by atoms with Gasteiger partial charge in [-0.15, -0.1) is 0 Å². The van der Waals surface area contributed by atoms with Crippen LogP contribution in [-0.4, -0.2) is 26.6 Å². The largest absolute Gasteiger partial charge is 0.350 e. The Morgan fingerprint density at radius 3 is 2.50 bits per heavy atom. The molecule has 0 radical (unpaired) electrons. The molecule has 0 heterocycles. The molecule has 2 aromatic carbocycles. The summed E-state index contributed by atoms with van der Waals surface area (Å²) in [6.07, 6.45) is 1.02. The second-order valence-corrected chi connectivity index (χ2v) is 8.74. The number of carbonyl (C=O) groups excluding carboxylic acids is 1. The molecule has 0 aliphatic heterocycles. The average Bonchev–Trinajstić information content (AvgIpc) is 2.54. The molecule has 0 aliphatic rings. The lowest BCUT2D eigenvalue weighted by Gasteiger charge is -2.29. The van der Waals surface area contributed by atoms with Crippen LogP contribution in [0.1, 0.15) is 18.1 Å². The van der Waals surface area contributed by atoms with Crippen LogP contribution in [-0.2, 0) is 21.4 Å². The monoisotopic (exact) mass is 414 g/mol. The van der Waals surface area contributed by atoms with Crippen molar-refractivity contribution in [2.75, 3.05) is 10.6 Å². The van der Waals surface area contributed by atoms with Crippen LogP contribution in [0.2, 0.25) is 10.0 Å². The van der Waals surface area contributed by atoms with Crippen LogP contribution in [0.5, 0.6) is 0 Å². The number of carbonyl (C=O) groups is 1. The number of rotatable bonds is 6. The number of benzene rings is 2. The third kappa shape index (κ3) is 5.13. The SMILES string of the molecule is Cc1cccc(CNC(=O)[C@H](C)N(c2cc(Cl)ccc2Cl)S(C)(=O)=O)c1. The fraction of sp³-hybridized carbons (Fsp3) is 0.278. The number of sulfonamides is 1. The van der Waals surface area contributed by atoms with Crippen LogP contribution < -0.4 is 9.62 Å². The maximum Gasteiger partial charge on any atom is 0.243 e. The minimum atomic E-state index is -3.76. The molecule has 2 rings (SSSR count). The Balaban J connectivity index is 2.25. The molecule has 5 nitrogen and oxygen atoms in total. The standard InChI is InChI=1S/C18H20Cl2N2O3S/c1-12-5-4-6-14(9-12)11-21-18(23)13(2)22(26(3,24)25)17-10-15(19)7-8-16(17)20/h4-10,13H,11H2,1-3H3,(H,21,23)/t13-/m0/s1.